The van der Waals surface area contributed by atoms with Gasteiger partial charge < -0.3 is 9.30 Å². The lowest BCUT2D eigenvalue weighted by molar-refractivity contribution is -0.387. The van der Waals surface area contributed by atoms with Crippen LogP contribution in [0.5, 0.6) is 0 Å². The van der Waals surface area contributed by atoms with Crippen LogP contribution in [0.25, 0.3) is 11.6 Å². The Morgan fingerprint density at radius 2 is 1.77 bits per heavy atom. The lowest BCUT2D eigenvalue weighted by atomic mass is 9.91. The van der Waals surface area contributed by atoms with Crippen molar-refractivity contribution in [2.24, 2.45) is 7.05 Å². The van der Waals surface area contributed by atoms with E-state index in [0.29, 0.717) is 26.7 Å². The molecule has 0 N–H and O–H groups in total. The zero-order valence-electron chi connectivity index (χ0n) is 21.3. The number of hydrogen-bond donors (Lipinski definition) is 0. The number of aryl methyl sites for hydroxylation is 1. The number of nitro groups is 1. The van der Waals surface area contributed by atoms with Crippen LogP contribution in [-0.2, 0) is 16.6 Å². The molecule has 11 nitrogen and oxygen atoms in total. The highest BCUT2D eigenvalue weighted by molar-refractivity contribution is 7.99. The molecule has 4 aromatic rings. The second kappa shape index (κ2) is 10.9. The highest BCUT2D eigenvalue weighted by Gasteiger charge is 2.36. The molecule has 2 amide bonds. The molecule has 0 fully saturated rings. The molecule has 1 aliphatic heterocycles. The van der Waals surface area contributed by atoms with Crippen molar-refractivity contribution in [2.45, 2.75) is 17.0 Å². The van der Waals surface area contributed by atoms with E-state index < -0.39 is 22.7 Å². The van der Waals surface area contributed by atoms with Crippen LogP contribution < -0.4 is 4.90 Å². The van der Waals surface area contributed by atoms with E-state index in [-0.39, 0.29) is 29.1 Å². The molecule has 0 bridgehead atoms. The standard InChI is InChI=1S/C28H21N5O6S/c1-3-39-27(36)18-9-11-19(12-10-18)32-25(34)21-7-5-4-6-20(21)22(26(32)35)14-17-8-13-24(23(15-17)33(37)38)40-28-30-29-16-31(28)2/h4-16H,3H2,1-2H3. The average Bonchev–Trinajstić information content (AvgIpc) is 3.36. The molecule has 0 radical (unpaired) electrons. The fraction of sp³-hybridized carbons (Fsp3) is 0.107. The van der Waals surface area contributed by atoms with Gasteiger partial charge in [0.2, 0.25) is 0 Å². The van der Waals surface area contributed by atoms with Crippen molar-refractivity contribution < 1.29 is 24.0 Å². The van der Waals surface area contributed by atoms with Gasteiger partial charge in [0.1, 0.15) is 6.33 Å². The summed E-state index contributed by atoms with van der Waals surface area (Å²) >= 11 is 1.10. The number of fused-ring (bicyclic) bond motifs is 1. The molecule has 0 saturated carbocycles. The number of aromatic nitrogens is 3. The van der Waals surface area contributed by atoms with E-state index in [1.165, 1.54) is 42.7 Å². The Morgan fingerprint density at radius 1 is 1.05 bits per heavy atom. The van der Waals surface area contributed by atoms with E-state index >= 15 is 0 Å². The van der Waals surface area contributed by atoms with E-state index in [4.69, 9.17) is 4.74 Å². The molecule has 1 aliphatic rings. The summed E-state index contributed by atoms with van der Waals surface area (Å²) in [5.74, 6) is -1.64. The third-order valence-corrected chi connectivity index (χ3v) is 7.20. The Balaban J connectivity index is 1.55. The van der Waals surface area contributed by atoms with Crippen LogP contribution in [0.3, 0.4) is 0 Å². The second-order valence-electron chi connectivity index (χ2n) is 8.63. The van der Waals surface area contributed by atoms with Gasteiger partial charge in [-0.05, 0) is 72.3 Å². The molecule has 0 aliphatic carbocycles. The highest BCUT2D eigenvalue weighted by Crippen LogP contribution is 2.37. The predicted molar refractivity (Wildman–Crippen MR) is 147 cm³/mol. The minimum Gasteiger partial charge on any atom is -0.462 e. The highest BCUT2D eigenvalue weighted by atomic mass is 32.2. The number of hydrogen-bond acceptors (Lipinski definition) is 9. The Labute approximate surface area is 232 Å². The summed E-state index contributed by atoms with van der Waals surface area (Å²) in [6.07, 6.45) is 3.02. The normalized spacial score (nSPS) is 13.8. The number of imide groups is 1. The summed E-state index contributed by atoms with van der Waals surface area (Å²) < 4.78 is 6.65. The fourth-order valence-electron chi connectivity index (χ4n) is 4.17. The number of amides is 2. The maximum atomic E-state index is 13.7. The third kappa shape index (κ3) is 4.99. The molecule has 0 unspecified atom stereocenters. The Bertz CT molecular complexity index is 1700. The molecule has 3 aromatic carbocycles. The largest absolute Gasteiger partial charge is 0.462 e. The van der Waals surface area contributed by atoms with E-state index in [1.54, 1.807) is 54.9 Å². The van der Waals surface area contributed by atoms with Gasteiger partial charge in [0.25, 0.3) is 17.5 Å². The van der Waals surface area contributed by atoms with Crippen molar-refractivity contribution in [3.63, 3.8) is 0 Å². The second-order valence-corrected chi connectivity index (χ2v) is 9.64. The third-order valence-electron chi connectivity index (χ3n) is 6.08. The first-order chi connectivity index (χ1) is 19.3. The summed E-state index contributed by atoms with van der Waals surface area (Å²) in [5, 5.41) is 20.2. The first kappa shape index (κ1) is 26.5. The Morgan fingerprint density at radius 3 is 2.42 bits per heavy atom. The van der Waals surface area contributed by atoms with Crippen LogP contribution in [0.2, 0.25) is 0 Å². The zero-order chi connectivity index (χ0) is 28.4. The lowest BCUT2D eigenvalue weighted by Crippen LogP contribution is -2.41. The molecule has 40 heavy (non-hydrogen) atoms. The minimum absolute atomic E-state index is 0.165. The maximum absolute atomic E-state index is 13.7. The van der Waals surface area contributed by atoms with E-state index in [2.05, 4.69) is 10.2 Å². The Hall–Kier alpha value is -5.10. The summed E-state index contributed by atoms with van der Waals surface area (Å²) in [5.41, 5.74) is 1.69. The molecule has 1 aromatic heterocycles. The van der Waals surface area contributed by atoms with Gasteiger partial charge in [0, 0.05) is 24.3 Å². The smallest absolute Gasteiger partial charge is 0.338 e. The van der Waals surface area contributed by atoms with Crippen LogP contribution >= 0.6 is 11.8 Å². The van der Waals surface area contributed by atoms with E-state index in [9.17, 15) is 24.5 Å². The molecule has 5 rings (SSSR count). The van der Waals surface area contributed by atoms with Crippen LogP contribution in [-0.4, -0.2) is 44.1 Å². The minimum atomic E-state index is -0.604. The van der Waals surface area contributed by atoms with Gasteiger partial charge in [-0.15, -0.1) is 10.2 Å². The van der Waals surface area contributed by atoms with Gasteiger partial charge in [-0.3, -0.25) is 19.7 Å². The van der Waals surface area contributed by atoms with Gasteiger partial charge in [-0.2, -0.15) is 0 Å². The first-order valence-corrected chi connectivity index (χ1v) is 12.9. The quantitative estimate of drug-likeness (QED) is 0.104. The van der Waals surface area contributed by atoms with Crippen LogP contribution in [0.4, 0.5) is 11.4 Å². The van der Waals surface area contributed by atoms with Gasteiger partial charge in [-0.1, -0.05) is 24.3 Å². The zero-order valence-corrected chi connectivity index (χ0v) is 22.1. The predicted octanol–water partition coefficient (Wildman–Crippen LogP) is 4.78. The topological polar surface area (TPSA) is 138 Å². The van der Waals surface area contributed by atoms with Crippen molar-refractivity contribution >= 4 is 52.6 Å². The van der Waals surface area contributed by atoms with Gasteiger partial charge in [-0.25, -0.2) is 9.69 Å². The molecule has 2 heterocycles. The summed E-state index contributed by atoms with van der Waals surface area (Å²) in [7, 11) is 1.73. The number of carbonyl (C=O) groups is 3. The number of nitro benzene ring substituents is 1. The van der Waals surface area contributed by atoms with Gasteiger partial charge in [0.05, 0.1) is 27.7 Å². The average molecular weight is 556 g/mol. The number of esters is 1. The number of rotatable bonds is 7. The fourth-order valence-corrected chi connectivity index (χ4v) is 5.02. The number of nitrogens with zero attached hydrogens (tertiary/aromatic N) is 5. The summed E-state index contributed by atoms with van der Waals surface area (Å²) in [6.45, 7) is 1.91. The monoisotopic (exact) mass is 555 g/mol. The Kier molecular flexibility index (Phi) is 7.25. The summed E-state index contributed by atoms with van der Waals surface area (Å²) in [6, 6.07) is 17.2. The lowest BCUT2D eigenvalue weighted by Gasteiger charge is -2.28. The van der Waals surface area contributed by atoms with E-state index in [0.717, 1.165) is 16.7 Å². The number of ether oxygens (including phenoxy) is 1. The molecule has 200 valence electrons. The SMILES string of the molecule is CCOC(=O)c1ccc(N2C(=O)C(=Cc3ccc(Sc4nncn4C)c([N+](=O)[O-])c3)c3ccccc3C2=O)cc1. The molecule has 0 spiro atoms. The number of benzene rings is 3. The van der Waals surface area contributed by atoms with Crippen molar-refractivity contribution in [3.05, 3.63) is 105 Å². The first-order valence-electron chi connectivity index (χ1n) is 12.1. The van der Waals surface area contributed by atoms with Crippen LogP contribution in [0.15, 0.2) is 83.1 Å². The molecule has 0 atom stereocenters. The molecule has 0 saturated heterocycles. The maximum Gasteiger partial charge on any atom is 0.338 e. The van der Waals surface area contributed by atoms with Crippen molar-refractivity contribution in [1.82, 2.24) is 14.8 Å². The molecular formula is C28H21N5O6S. The number of anilines is 1. The van der Waals surface area contributed by atoms with Gasteiger partial charge >= 0.3 is 5.97 Å². The van der Waals surface area contributed by atoms with Gasteiger partial charge in [0.15, 0.2) is 5.16 Å². The van der Waals surface area contributed by atoms with Crippen LogP contribution in [0.1, 0.15) is 38.8 Å². The molecule has 12 heteroatoms. The van der Waals surface area contributed by atoms with E-state index in [1.807, 2.05) is 0 Å². The summed E-state index contributed by atoms with van der Waals surface area (Å²) in [4.78, 5) is 52.0. The van der Waals surface area contributed by atoms with Crippen molar-refractivity contribution in [3.8, 4) is 0 Å². The number of carbonyl (C=O) groups excluding carboxylic acids is 3. The van der Waals surface area contributed by atoms with Crippen molar-refractivity contribution in [2.75, 3.05) is 11.5 Å². The molecular weight excluding hydrogens is 534 g/mol. The van der Waals surface area contributed by atoms with Crippen LogP contribution in [0, 0.1) is 10.1 Å². The van der Waals surface area contributed by atoms with Crippen molar-refractivity contribution in [1.29, 1.82) is 0 Å².